The van der Waals surface area contributed by atoms with Gasteiger partial charge in [0.05, 0.1) is 6.10 Å². The Morgan fingerprint density at radius 2 is 2.12 bits per heavy atom. The molecule has 1 aliphatic rings. The molecule has 2 heteroatoms. The van der Waals surface area contributed by atoms with Gasteiger partial charge in [-0.05, 0) is 41.5 Å². The minimum Gasteiger partial charge on any atom is -0.387 e. The van der Waals surface area contributed by atoms with Crippen LogP contribution in [0, 0.1) is 6.92 Å². The second-order valence-corrected chi connectivity index (χ2v) is 5.37. The van der Waals surface area contributed by atoms with E-state index in [0.29, 0.717) is 5.92 Å². The lowest BCUT2D eigenvalue weighted by atomic mass is 9.74. The zero-order chi connectivity index (χ0) is 11.1. The van der Waals surface area contributed by atoms with Gasteiger partial charge >= 0.3 is 0 Å². The molecule has 0 fully saturated rings. The van der Waals surface area contributed by atoms with Crippen molar-refractivity contribution in [3.8, 4) is 0 Å². The van der Waals surface area contributed by atoms with E-state index >= 15 is 0 Å². The summed E-state index contributed by atoms with van der Waals surface area (Å²) < 4.78 is 0. The first-order chi connectivity index (χ1) is 7.77. The molecule has 0 saturated carbocycles. The Labute approximate surface area is 99.4 Å². The van der Waals surface area contributed by atoms with Crippen LogP contribution in [0.1, 0.15) is 33.6 Å². The predicted molar refractivity (Wildman–Crippen MR) is 66.9 cm³/mol. The number of fused-ring (bicyclic) bond motifs is 1. The number of hydrogen-bond donors (Lipinski definition) is 1. The van der Waals surface area contributed by atoms with Crippen LogP contribution in [0.25, 0.3) is 0 Å². The van der Waals surface area contributed by atoms with Crippen LogP contribution in [0.3, 0.4) is 0 Å². The molecule has 0 spiro atoms. The van der Waals surface area contributed by atoms with E-state index in [-0.39, 0.29) is 6.10 Å². The van der Waals surface area contributed by atoms with Crippen molar-refractivity contribution < 1.29 is 5.11 Å². The van der Waals surface area contributed by atoms with Gasteiger partial charge in [-0.25, -0.2) is 0 Å². The zero-order valence-corrected chi connectivity index (χ0v) is 10.00. The van der Waals surface area contributed by atoms with Gasteiger partial charge in [0.1, 0.15) is 0 Å². The standard InChI is InChI=1S/C14H14OS/c1-9-6-7-16-14(9)13(15)12-8-10-4-2-3-5-11(10)12/h2-7,12-13,15H,8H2,1H3. The van der Waals surface area contributed by atoms with E-state index in [0.717, 1.165) is 11.3 Å². The average Bonchev–Trinajstić information content (AvgIpc) is 2.66. The number of aryl methyl sites for hydroxylation is 1. The lowest BCUT2D eigenvalue weighted by molar-refractivity contribution is 0.137. The van der Waals surface area contributed by atoms with Gasteiger partial charge in [0.25, 0.3) is 0 Å². The van der Waals surface area contributed by atoms with Gasteiger partial charge in [-0.1, -0.05) is 24.3 Å². The molecule has 0 aliphatic heterocycles. The molecule has 0 radical (unpaired) electrons. The van der Waals surface area contributed by atoms with Gasteiger partial charge in [0, 0.05) is 10.8 Å². The van der Waals surface area contributed by atoms with E-state index < -0.39 is 0 Å². The first-order valence-electron chi connectivity index (χ1n) is 5.57. The van der Waals surface area contributed by atoms with E-state index in [1.54, 1.807) is 11.3 Å². The maximum absolute atomic E-state index is 10.4. The Kier molecular flexibility index (Phi) is 2.34. The maximum atomic E-state index is 10.4. The third-order valence-corrected chi connectivity index (χ3v) is 4.54. The summed E-state index contributed by atoms with van der Waals surface area (Å²) in [4.78, 5) is 1.12. The predicted octanol–water partition coefficient (Wildman–Crippen LogP) is 3.43. The number of thiophene rings is 1. The van der Waals surface area contributed by atoms with Crippen molar-refractivity contribution in [1.29, 1.82) is 0 Å². The Morgan fingerprint density at radius 1 is 1.31 bits per heavy atom. The molecule has 1 aromatic heterocycles. The summed E-state index contributed by atoms with van der Waals surface area (Å²) in [6, 6.07) is 10.5. The average molecular weight is 230 g/mol. The monoisotopic (exact) mass is 230 g/mol. The molecule has 2 aromatic rings. The molecule has 0 saturated heterocycles. The van der Waals surface area contributed by atoms with Gasteiger partial charge < -0.3 is 5.11 Å². The fraction of sp³-hybridized carbons (Fsp3) is 0.286. The van der Waals surface area contributed by atoms with Gasteiger partial charge in [0.2, 0.25) is 0 Å². The molecule has 1 nitrogen and oxygen atoms in total. The van der Waals surface area contributed by atoms with Crippen molar-refractivity contribution in [2.24, 2.45) is 0 Å². The normalized spacial score (nSPS) is 20.0. The number of aliphatic hydroxyl groups is 1. The smallest absolute Gasteiger partial charge is 0.0956 e. The Hall–Kier alpha value is -1.12. The summed E-state index contributed by atoms with van der Waals surface area (Å²) in [6.45, 7) is 2.07. The third-order valence-electron chi connectivity index (χ3n) is 3.45. The highest BCUT2D eigenvalue weighted by molar-refractivity contribution is 7.10. The number of aliphatic hydroxyl groups excluding tert-OH is 1. The minimum atomic E-state index is -0.324. The number of hydrogen-bond acceptors (Lipinski definition) is 2. The summed E-state index contributed by atoms with van der Waals surface area (Å²) >= 11 is 1.66. The highest BCUT2D eigenvalue weighted by atomic mass is 32.1. The lowest BCUT2D eigenvalue weighted by Crippen LogP contribution is -2.23. The first-order valence-corrected chi connectivity index (χ1v) is 6.45. The van der Waals surface area contributed by atoms with Crippen LogP contribution >= 0.6 is 11.3 Å². The molecule has 1 aromatic carbocycles. The lowest BCUT2D eigenvalue weighted by Gasteiger charge is -2.33. The van der Waals surface area contributed by atoms with Crippen LogP contribution < -0.4 is 0 Å². The van der Waals surface area contributed by atoms with Crippen molar-refractivity contribution in [2.45, 2.75) is 25.4 Å². The summed E-state index contributed by atoms with van der Waals surface area (Å²) in [5, 5.41) is 12.4. The summed E-state index contributed by atoms with van der Waals surface area (Å²) in [6.07, 6.45) is 0.684. The van der Waals surface area contributed by atoms with Crippen LogP contribution in [0.15, 0.2) is 35.7 Å². The Bertz CT molecular complexity index is 515. The van der Waals surface area contributed by atoms with Gasteiger partial charge in [-0.3, -0.25) is 0 Å². The summed E-state index contributed by atoms with van der Waals surface area (Å²) in [7, 11) is 0. The Morgan fingerprint density at radius 3 is 2.81 bits per heavy atom. The molecule has 1 N–H and O–H groups in total. The molecule has 3 rings (SSSR count). The zero-order valence-electron chi connectivity index (χ0n) is 9.18. The SMILES string of the molecule is Cc1ccsc1C(O)C1Cc2ccccc21. The second kappa shape index (κ2) is 3.72. The van der Waals surface area contributed by atoms with E-state index in [2.05, 4.69) is 42.6 Å². The molecule has 1 aliphatic carbocycles. The molecule has 1 heterocycles. The topological polar surface area (TPSA) is 20.2 Å². The van der Waals surface area contributed by atoms with Crippen molar-refractivity contribution >= 4 is 11.3 Å². The molecule has 2 atom stereocenters. The fourth-order valence-corrected chi connectivity index (χ4v) is 3.43. The summed E-state index contributed by atoms with van der Waals surface area (Å²) in [5.74, 6) is 0.300. The highest BCUT2D eigenvalue weighted by Crippen LogP contribution is 2.45. The van der Waals surface area contributed by atoms with E-state index in [9.17, 15) is 5.11 Å². The van der Waals surface area contributed by atoms with E-state index in [4.69, 9.17) is 0 Å². The molecular weight excluding hydrogens is 216 g/mol. The molecule has 0 bridgehead atoms. The van der Waals surface area contributed by atoms with Crippen LogP contribution in [0.2, 0.25) is 0 Å². The largest absolute Gasteiger partial charge is 0.387 e. The van der Waals surface area contributed by atoms with Crippen molar-refractivity contribution in [3.05, 3.63) is 57.3 Å². The molecule has 16 heavy (non-hydrogen) atoms. The van der Waals surface area contributed by atoms with Crippen LogP contribution in [0.5, 0.6) is 0 Å². The van der Waals surface area contributed by atoms with Crippen molar-refractivity contribution in [2.75, 3.05) is 0 Å². The van der Waals surface area contributed by atoms with Crippen molar-refractivity contribution in [1.82, 2.24) is 0 Å². The third kappa shape index (κ3) is 1.41. The van der Waals surface area contributed by atoms with Crippen LogP contribution in [-0.4, -0.2) is 5.11 Å². The number of rotatable bonds is 2. The highest BCUT2D eigenvalue weighted by Gasteiger charge is 2.33. The summed E-state index contributed by atoms with van der Waals surface area (Å²) in [5.41, 5.74) is 3.92. The van der Waals surface area contributed by atoms with Crippen LogP contribution in [-0.2, 0) is 6.42 Å². The van der Waals surface area contributed by atoms with E-state index in [1.807, 2.05) is 0 Å². The van der Waals surface area contributed by atoms with Gasteiger partial charge in [0.15, 0.2) is 0 Å². The minimum absolute atomic E-state index is 0.300. The van der Waals surface area contributed by atoms with Crippen LogP contribution in [0.4, 0.5) is 0 Å². The number of benzene rings is 1. The molecule has 2 unspecified atom stereocenters. The molecular formula is C14H14OS. The van der Waals surface area contributed by atoms with Crippen molar-refractivity contribution in [3.63, 3.8) is 0 Å². The first kappa shape index (κ1) is 10.1. The second-order valence-electron chi connectivity index (χ2n) is 4.42. The van der Waals surface area contributed by atoms with E-state index in [1.165, 1.54) is 16.7 Å². The quantitative estimate of drug-likeness (QED) is 0.838. The van der Waals surface area contributed by atoms with Gasteiger partial charge in [-0.2, -0.15) is 0 Å². The fourth-order valence-electron chi connectivity index (χ4n) is 2.45. The molecule has 82 valence electrons. The maximum Gasteiger partial charge on any atom is 0.0956 e. The molecule has 0 amide bonds. The Balaban J connectivity index is 1.90. The van der Waals surface area contributed by atoms with Gasteiger partial charge in [-0.15, -0.1) is 11.3 Å².